The molecule has 0 amide bonds. The fourth-order valence-corrected chi connectivity index (χ4v) is 1.75. The van der Waals surface area contributed by atoms with Crippen molar-refractivity contribution in [1.82, 2.24) is 0 Å². The first-order valence-electron chi connectivity index (χ1n) is 4.99. The van der Waals surface area contributed by atoms with E-state index in [1.807, 2.05) is 6.07 Å². The Kier molecular flexibility index (Phi) is 2.77. The SMILES string of the molecule is CC(=O)c1ccc2c(B(O)O)cccc2c1. The minimum Gasteiger partial charge on any atom is -0.423 e. The van der Waals surface area contributed by atoms with Gasteiger partial charge in [0.2, 0.25) is 0 Å². The highest BCUT2D eigenvalue weighted by Crippen LogP contribution is 2.15. The van der Waals surface area contributed by atoms with Gasteiger partial charge in [0, 0.05) is 5.56 Å². The minimum absolute atomic E-state index is 0.00292. The van der Waals surface area contributed by atoms with Gasteiger partial charge in [0.05, 0.1) is 0 Å². The van der Waals surface area contributed by atoms with Crippen molar-refractivity contribution < 1.29 is 14.8 Å². The summed E-state index contributed by atoms with van der Waals surface area (Å²) in [6, 6.07) is 10.4. The van der Waals surface area contributed by atoms with E-state index in [9.17, 15) is 14.8 Å². The molecule has 80 valence electrons. The van der Waals surface area contributed by atoms with E-state index >= 15 is 0 Å². The highest BCUT2D eigenvalue weighted by atomic mass is 16.4. The molecule has 0 spiro atoms. The van der Waals surface area contributed by atoms with Crippen molar-refractivity contribution in [1.29, 1.82) is 0 Å². The van der Waals surface area contributed by atoms with Crippen LogP contribution in [0.1, 0.15) is 17.3 Å². The number of hydrogen-bond acceptors (Lipinski definition) is 3. The van der Waals surface area contributed by atoms with Gasteiger partial charge in [-0.25, -0.2) is 0 Å². The summed E-state index contributed by atoms with van der Waals surface area (Å²) in [7, 11) is -1.49. The molecule has 0 fully saturated rings. The molecule has 0 aliphatic carbocycles. The smallest absolute Gasteiger partial charge is 0.423 e. The molecule has 2 aromatic rings. The van der Waals surface area contributed by atoms with Crippen LogP contribution in [0.5, 0.6) is 0 Å². The van der Waals surface area contributed by atoms with E-state index in [4.69, 9.17) is 0 Å². The molecule has 0 heterocycles. The monoisotopic (exact) mass is 214 g/mol. The van der Waals surface area contributed by atoms with E-state index in [2.05, 4.69) is 0 Å². The zero-order chi connectivity index (χ0) is 11.7. The van der Waals surface area contributed by atoms with Crippen molar-refractivity contribution in [3.63, 3.8) is 0 Å². The Morgan fingerprint density at radius 3 is 2.56 bits per heavy atom. The van der Waals surface area contributed by atoms with Crippen LogP contribution in [0.2, 0.25) is 0 Å². The summed E-state index contributed by atoms with van der Waals surface area (Å²) in [6.07, 6.45) is 0. The standard InChI is InChI=1S/C12H11BO3/c1-8(14)9-5-6-11-10(7-9)3-2-4-12(11)13(15)16/h2-7,15-16H,1H3. The number of rotatable bonds is 2. The fourth-order valence-electron chi connectivity index (χ4n) is 1.75. The molecular weight excluding hydrogens is 203 g/mol. The Hall–Kier alpha value is -1.65. The lowest BCUT2D eigenvalue weighted by Gasteiger charge is -2.06. The number of Topliss-reactive ketones (excluding diaryl/α,β-unsaturated/α-hetero) is 1. The molecule has 0 aliphatic rings. The normalized spacial score (nSPS) is 10.4. The zero-order valence-electron chi connectivity index (χ0n) is 8.84. The van der Waals surface area contributed by atoms with Crippen molar-refractivity contribution in [2.45, 2.75) is 6.92 Å². The van der Waals surface area contributed by atoms with Gasteiger partial charge in [0.15, 0.2) is 5.78 Å². The Morgan fingerprint density at radius 1 is 1.19 bits per heavy atom. The molecule has 2 aromatic carbocycles. The number of carbonyl (C=O) groups is 1. The highest BCUT2D eigenvalue weighted by Gasteiger charge is 2.14. The molecule has 0 atom stereocenters. The van der Waals surface area contributed by atoms with Crippen LogP contribution < -0.4 is 5.46 Å². The van der Waals surface area contributed by atoms with Gasteiger partial charge in [-0.3, -0.25) is 4.79 Å². The number of ketones is 1. The second-order valence-corrected chi connectivity index (χ2v) is 3.71. The van der Waals surface area contributed by atoms with Gasteiger partial charge in [-0.1, -0.05) is 30.3 Å². The zero-order valence-corrected chi connectivity index (χ0v) is 8.84. The largest absolute Gasteiger partial charge is 0.489 e. The third kappa shape index (κ3) is 1.85. The molecule has 0 saturated heterocycles. The van der Waals surface area contributed by atoms with Crippen LogP contribution in [0.25, 0.3) is 10.8 Å². The average Bonchev–Trinajstić information content (AvgIpc) is 2.27. The van der Waals surface area contributed by atoms with Crippen LogP contribution in [0.4, 0.5) is 0 Å². The van der Waals surface area contributed by atoms with Gasteiger partial charge in [-0.15, -0.1) is 0 Å². The van der Waals surface area contributed by atoms with Crippen LogP contribution in [0, 0.1) is 0 Å². The second-order valence-electron chi connectivity index (χ2n) is 3.71. The Labute approximate surface area is 93.5 Å². The lowest BCUT2D eigenvalue weighted by atomic mass is 9.77. The van der Waals surface area contributed by atoms with Crippen LogP contribution >= 0.6 is 0 Å². The molecule has 0 radical (unpaired) electrons. The lowest BCUT2D eigenvalue weighted by Crippen LogP contribution is -2.30. The number of hydrogen-bond donors (Lipinski definition) is 2. The fraction of sp³-hybridized carbons (Fsp3) is 0.0833. The van der Waals surface area contributed by atoms with Crippen molar-refractivity contribution >= 4 is 29.1 Å². The summed E-state index contributed by atoms with van der Waals surface area (Å²) < 4.78 is 0. The Bertz CT molecular complexity index is 549. The van der Waals surface area contributed by atoms with Crippen molar-refractivity contribution in [2.24, 2.45) is 0 Å². The van der Waals surface area contributed by atoms with Crippen LogP contribution in [0.15, 0.2) is 36.4 Å². The van der Waals surface area contributed by atoms with Gasteiger partial charge >= 0.3 is 7.12 Å². The molecule has 2 N–H and O–H groups in total. The summed E-state index contributed by atoms with van der Waals surface area (Å²) in [5.74, 6) is -0.00292. The van der Waals surface area contributed by atoms with Crippen LogP contribution in [-0.4, -0.2) is 22.9 Å². The van der Waals surface area contributed by atoms with E-state index in [1.54, 1.807) is 30.3 Å². The van der Waals surface area contributed by atoms with Gasteiger partial charge in [0.1, 0.15) is 0 Å². The summed E-state index contributed by atoms with van der Waals surface area (Å²) in [6.45, 7) is 1.51. The van der Waals surface area contributed by atoms with Gasteiger partial charge in [0.25, 0.3) is 0 Å². The Morgan fingerprint density at radius 2 is 1.94 bits per heavy atom. The van der Waals surface area contributed by atoms with Gasteiger partial charge < -0.3 is 10.0 Å². The summed E-state index contributed by atoms with van der Waals surface area (Å²) in [4.78, 5) is 11.2. The summed E-state index contributed by atoms with van der Waals surface area (Å²) in [5.41, 5.74) is 1.07. The molecule has 0 aliphatic heterocycles. The molecule has 2 rings (SSSR count). The first kappa shape index (κ1) is 10.9. The van der Waals surface area contributed by atoms with Crippen LogP contribution in [-0.2, 0) is 0 Å². The average molecular weight is 214 g/mol. The molecule has 0 saturated carbocycles. The van der Waals surface area contributed by atoms with Crippen LogP contribution in [0.3, 0.4) is 0 Å². The topological polar surface area (TPSA) is 57.5 Å². The molecule has 16 heavy (non-hydrogen) atoms. The number of fused-ring (bicyclic) bond motifs is 1. The first-order valence-corrected chi connectivity index (χ1v) is 4.99. The maximum Gasteiger partial charge on any atom is 0.489 e. The lowest BCUT2D eigenvalue weighted by molar-refractivity contribution is 0.101. The maximum absolute atomic E-state index is 11.2. The quantitative estimate of drug-likeness (QED) is 0.572. The van der Waals surface area contributed by atoms with Crippen molar-refractivity contribution in [2.75, 3.05) is 0 Å². The molecule has 0 unspecified atom stereocenters. The third-order valence-electron chi connectivity index (χ3n) is 2.60. The third-order valence-corrected chi connectivity index (χ3v) is 2.60. The van der Waals surface area contributed by atoms with Gasteiger partial charge in [-0.2, -0.15) is 0 Å². The van der Waals surface area contributed by atoms with E-state index in [0.717, 1.165) is 10.8 Å². The maximum atomic E-state index is 11.2. The molecule has 3 nitrogen and oxygen atoms in total. The molecule has 4 heteroatoms. The number of benzene rings is 2. The molecular formula is C12H11BO3. The molecule has 0 aromatic heterocycles. The summed E-state index contributed by atoms with van der Waals surface area (Å²) in [5, 5.41) is 20.0. The van der Waals surface area contributed by atoms with Crippen molar-refractivity contribution in [3.8, 4) is 0 Å². The Balaban J connectivity index is 2.68. The van der Waals surface area contributed by atoms with E-state index in [0.29, 0.717) is 11.0 Å². The van der Waals surface area contributed by atoms with Crippen molar-refractivity contribution in [3.05, 3.63) is 42.0 Å². The summed E-state index contributed by atoms with van der Waals surface area (Å²) >= 11 is 0. The van der Waals surface area contributed by atoms with Gasteiger partial charge in [-0.05, 0) is 29.2 Å². The molecule has 0 bridgehead atoms. The van der Waals surface area contributed by atoms with E-state index in [1.165, 1.54) is 6.92 Å². The van der Waals surface area contributed by atoms with E-state index in [-0.39, 0.29) is 5.78 Å². The second kappa shape index (κ2) is 4.08. The predicted molar refractivity (Wildman–Crippen MR) is 63.8 cm³/mol. The van der Waals surface area contributed by atoms with E-state index < -0.39 is 7.12 Å². The highest BCUT2D eigenvalue weighted by molar-refractivity contribution is 6.62. The first-order chi connectivity index (χ1) is 7.59. The number of carbonyl (C=O) groups excluding carboxylic acids is 1. The predicted octanol–water partition coefficient (Wildman–Crippen LogP) is 0.722. The minimum atomic E-state index is -1.49.